The fraction of sp³-hybridized carbons (Fsp3) is 0.111. The van der Waals surface area contributed by atoms with Gasteiger partial charge < -0.3 is 10.5 Å². The maximum atomic E-state index is 12.8. The highest BCUT2D eigenvalue weighted by Crippen LogP contribution is 2.37. The molecule has 116 valence electrons. The molecule has 0 bridgehead atoms. The van der Waals surface area contributed by atoms with Crippen LogP contribution in [0.1, 0.15) is 12.5 Å². The molecule has 2 heterocycles. The molecule has 0 atom stereocenters. The molecule has 3 rings (SSSR count). The Hall–Kier alpha value is -3.08. The van der Waals surface area contributed by atoms with Gasteiger partial charge in [-0.2, -0.15) is 0 Å². The van der Waals surface area contributed by atoms with Crippen LogP contribution in [0.5, 0.6) is 5.75 Å². The van der Waals surface area contributed by atoms with Crippen molar-refractivity contribution in [2.24, 2.45) is 0 Å². The van der Waals surface area contributed by atoms with Crippen molar-refractivity contribution in [1.29, 1.82) is 0 Å². The number of fused-ring (bicyclic) bond motifs is 1. The average Bonchev–Trinajstić information content (AvgIpc) is 2.53. The third-order valence-electron chi connectivity index (χ3n) is 3.38. The summed E-state index contributed by atoms with van der Waals surface area (Å²) in [5.41, 5.74) is 8.79. The molecule has 0 aliphatic carbocycles. The zero-order valence-corrected chi connectivity index (χ0v) is 12.8. The van der Waals surface area contributed by atoms with E-state index in [1.54, 1.807) is 41.6 Å². The van der Waals surface area contributed by atoms with Gasteiger partial charge in [0, 0.05) is 24.6 Å². The second kappa shape index (κ2) is 5.96. The van der Waals surface area contributed by atoms with Gasteiger partial charge in [0.25, 0.3) is 5.91 Å². The first kappa shape index (κ1) is 14.8. The molecule has 2 N–H and O–H groups in total. The first-order chi connectivity index (χ1) is 11.0. The summed E-state index contributed by atoms with van der Waals surface area (Å²) < 4.78 is 5.78. The van der Waals surface area contributed by atoms with Crippen LogP contribution >= 0.6 is 0 Å². The van der Waals surface area contributed by atoms with Crippen molar-refractivity contribution >= 4 is 23.4 Å². The number of pyridine rings is 1. The summed E-state index contributed by atoms with van der Waals surface area (Å²) in [7, 11) is 0. The number of anilines is 2. The van der Waals surface area contributed by atoms with E-state index in [2.05, 4.69) is 11.6 Å². The summed E-state index contributed by atoms with van der Waals surface area (Å²) in [6, 6.07) is 8.87. The van der Waals surface area contributed by atoms with Gasteiger partial charge >= 0.3 is 0 Å². The van der Waals surface area contributed by atoms with Gasteiger partial charge in [0.2, 0.25) is 0 Å². The lowest BCUT2D eigenvalue weighted by Gasteiger charge is -2.31. The molecular formula is C18H17N3O2. The number of hydrogen-bond acceptors (Lipinski definition) is 4. The van der Waals surface area contributed by atoms with Crippen molar-refractivity contribution in [1.82, 2.24) is 4.98 Å². The minimum Gasteiger partial charge on any atom is -0.449 e. The van der Waals surface area contributed by atoms with Gasteiger partial charge in [0.15, 0.2) is 11.5 Å². The normalized spacial score (nSPS) is 15.3. The van der Waals surface area contributed by atoms with E-state index in [9.17, 15) is 4.79 Å². The summed E-state index contributed by atoms with van der Waals surface area (Å²) in [6.07, 6.45) is 5.04. The smallest absolute Gasteiger partial charge is 0.294 e. The summed E-state index contributed by atoms with van der Waals surface area (Å²) >= 11 is 0. The van der Waals surface area contributed by atoms with Crippen LogP contribution in [0.15, 0.2) is 60.6 Å². The Morgan fingerprint density at radius 1 is 1.35 bits per heavy atom. The third kappa shape index (κ3) is 3.08. The zero-order chi connectivity index (χ0) is 16.4. The van der Waals surface area contributed by atoms with Crippen LogP contribution in [0.4, 0.5) is 11.4 Å². The lowest BCUT2D eigenvalue weighted by Crippen LogP contribution is -2.38. The van der Waals surface area contributed by atoms with E-state index < -0.39 is 0 Å². The van der Waals surface area contributed by atoms with E-state index in [0.717, 1.165) is 11.1 Å². The van der Waals surface area contributed by atoms with Crippen LogP contribution in [0.2, 0.25) is 0 Å². The number of hydrogen-bond donors (Lipinski definition) is 1. The van der Waals surface area contributed by atoms with E-state index in [-0.39, 0.29) is 11.7 Å². The summed E-state index contributed by atoms with van der Waals surface area (Å²) in [4.78, 5) is 18.4. The molecule has 23 heavy (non-hydrogen) atoms. The van der Waals surface area contributed by atoms with E-state index >= 15 is 0 Å². The van der Waals surface area contributed by atoms with Crippen LogP contribution in [0.3, 0.4) is 0 Å². The van der Waals surface area contributed by atoms with Gasteiger partial charge in [-0.15, -0.1) is 0 Å². The SMILES string of the molecule is C=C(C)CN1C(=O)/C(=C\c2ccncc2)Oc2ccc(N)cc21. The Labute approximate surface area is 134 Å². The third-order valence-corrected chi connectivity index (χ3v) is 3.38. The topological polar surface area (TPSA) is 68.5 Å². The first-order valence-corrected chi connectivity index (χ1v) is 7.20. The number of nitrogens with two attached hydrogens (primary N) is 1. The number of aromatic nitrogens is 1. The first-order valence-electron chi connectivity index (χ1n) is 7.20. The summed E-state index contributed by atoms with van der Waals surface area (Å²) in [6.45, 7) is 6.18. The minimum absolute atomic E-state index is 0.220. The van der Waals surface area contributed by atoms with Crippen LogP contribution in [-0.4, -0.2) is 17.4 Å². The zero-order valence-electron chi connectivity index (χ0n) is 12.8. The van der Waals surface area contributed by atoms with Crippen LogP contribution in [0.25, 0.3) is 6.08 Å². The molecule has 1 aromatic heterocycles. The van der Waals surface area contributed by atoms with Crippen molar-refractivity contribution in [3.8, 4) is 5.75 Å². The number of carbonyl (C=O) groups excluding carboxylic acids is 1. The molecule has 5 heteroatoms. The van der Waals surface area contributed by atoms with E-state index in [4.69, 9.17) is 10.5 Å². The number of rotatable bonds is 3. The second-order valence-corrected chi connectivity index (χ2v) is 5.47. The Kier molecular flexibility index (Phi) is 3.85. The molecule has 0 fully saturated rings. The van der Waals surface area contributed by atoms with Gasteiger partial charge in [0.05, 0.1) is 5.69 Å². The molecule has 5 nitrogen and oxygen atoms in total. The highest BCUT2D eigenvalue weighted by Gasteiger charge is 2.30. The van der Waals surface area contributed by atoms with Gasteiger partial charge in [-0.1, -0.05) is 12.2 Å². The number of nitrogens with zero attached hydrogens (tertiary/aromatic N) is 2. The number of ether oxygens (including phenoxy) is 1. The van der Waals surface area contributed by atoms with E-state index in [1.165, 1.54) is 0 Å². The van der Waals surface area contributed by atoms with Crippen molar-refractivity contribution in [3.63, 3.8) is 0 Å². The minimum atomic E-state index is -0.220. The van der Waals surface area contributed by atoms with Crippen LogP contribution in [-0.2, 0) is 4.79 Å². The Bertz CT molecular complexity index is 797. The molecule has 0 radical (unpaired) electrons. The largest absolute Gasteiger partial charge is 0.449 e. The molecule has 2 aromatic rings. The van der Waals surface area contributed by atoms with Crippen molar-refractivity contribution in [2.75, 3.05) is 17.2 Å². The highest BCUT2D eigenvalue weighted by atomic mass is 16.5. The molecule has 0 saturated carbocycles. The monoisotopic (exact) mass is 307 g/mol. The molecule has 1 aromatic carbocycles. The quantitative estimate of drug-likeness (QED) is 0.537. The number of benzene rings is 1. The average molecular weight is 307 g/mol. The second-order valence-electron chi connectivity index (χ2n) is 5.47. The maximum absolute atomic E-state index is 12.8. The molecule has 0 saturated heterocycles. The summed E-state index contributed by atoms with van der Waals surface area (Å²) in [5.74, 6) is 0.637. The fourth-order valence-electron chi connectivity index (χ4n) is 2.37. The molecule has 1 amide bonds. The Morgan fingerprint density at radius 3 is 2.78 bits per heavy atom. The molecule has 0 spiro atoms. The molecule has 0 unspecified atom stereocenters. The van der Waals surface area contributed by atoms with Gasteiger partial charge in [-0.05, 0) is 48.9 Å². The van der Waals surface area contributed by atoms with E-state index in [1.807, 2.05) is 19.1 Å². The molecule has 1 aliphatic rings. The molecule has 1 aliphatic heterocycles. The predicted octanol–water partition coefficient (Wildman–Crippen LogP) is 3.01. The van der Waals surface area contributed by atoms with Gasteiger partial charge in [-0.25, -0.2) is 0 Å². The van der Waals surface area contributed by atoms with Gasteiger partial charge in [0.1, 0.15) is 0 Å². The van der Waals surface area contributed by atoms with Crippen LogP contribution in [0, 0.1) is 0 Å². The standard InChI is InChI=1S/C18H17N3O2/c1-12(2)11-21-15-10-14(19)3-4-16(15)23-17(18(21)22)9-13-5-7-20-8-6-13/h3-10H,1,11,19H2,2H3/b17-9+. The van der Waals surface area contributed by atoms with Crippen molar-refractivity contribution < 1.29 is 9.53 Å². The Morgan fingerprint density at radius 2 is 2.09 bits per heavy atom. The van der Waals surface area contributed by atoms with Crippen molar-refractivity contribution in [3.05, 3.63) is 66.2 Å². The van der Waals surface area contributed by atoms with Gasteiger partial charge in [-0.3, -0.25) is 14.7 Å². The fourth-order valence-corrected chi connectivity index (χ4v) is 2.37. The lowest BCUT2D eigenvalue weighted by atomic mass is 10.1. The van der Waals surface area contributed by atoms with Crippen LogP contribution < -0.4 is 15.4 Å². The Balaban J connectivity index is 2.06. The maximum Gasteiger partial charge on any atom is 0.294 e. The lowest BCUT2D eigenvalue weighted by molar-refractivity contribution is -0.117. The number of carbonyl (C=O) groups is 1. The molecular weight excluding hydrogens is 290 g/mol. The van der Waals surface area contributed by atoms with E-state index in [0.29, 0.717) is 23.7 Å². The predicted molar refractivity (Wildman–Crippen MR) is 90.9 cm³/mol. The summed E-state index contributed by atoms with van der Waals surface area (Å²) in [5, 5.41) is 0. The highest BCUT2D eigenvalue weighted by molar-refractivity contribution is 6.10. The number of amides is 1. The number of nitrogen functional groups attached to an aromatic ring is 1. The van der Waals surface area contributed by atoms with Crippen molar-refractivity contribution in [2.45, 2.75) is 6.92 Å².